The van der Waals surface area contributed by atoms with Gasteiger partial charge < -0.3 is 10.4 Å². The van der Waals surface area contributed by atoms with Crippen LogP contribution in [0.15, 0.2) is 17.0 Å². The highest BCUT2D eigenvalue weighted by Crippen LogP contribution is 2.36. The molecule has 1 aromatic carbocycles. The van der Waals surface area contributed by atoms with E-state index in [4.69, 9.17) is 5.11 Å². The fourth-order valence-electron chi connectivity index (χ4n) is 2.03. The van der Waals surface area contributed by atoms with E-state index in [2.05, 4.69) is 5.32 Å². The van der Waals surface area contributed by atoms with Gasteiger partial charge in [-0.05, 0) is 36.2 Å². The van der Waals surface area contributed by atoms with Gasteiger partial charge in [0.15, 0.2) is 0 Å². The third kappa shape index (κ3) is 2.99. The zero-order chi connectivity index (χ0) is 13.2. The van der Waals surface area contributed by atoms with Gasteiger partial charge in [-0.25, -0.2) is 0 Å². The molecule has 0 aromatic heterocycles. The lowest BCUT2D eigenvalue weighted by Gasteiger charge is -2.22. The highest BCUT2D eigenvalue weighted by Gasteiger charge is 2.32. The number of thioether (sulfide) groups is 1. The molecule has 100 valence electrons. The van der Waals surface area contributed by atoms with Gasteiger partial charge in [0.05, 0.1) is 12.2 Å². The Balaban J connectivity index is 2.41. The summed E-state index contributed by atoms with van der Waals surface area (Å²) < 4.78 is 38.3. The van der Waals surface area contributed by atoms with Crippen molar-refractivity contribution in [2.24, 2.45) is 0 Å². The lowest BCUT2D eigenvalue weighted by atomic mass is 9.98. The van der Waals surface area contributed by atoms with Crippen LogP contribution in [-0.2, 0) is 19.1 Å². The highest BCUT2D eigenvalue weighted by atomic mass is 32.2. The number of aliphatic hydroxyl groups is 1. The van der Waals surface area contributed by atoms with Crippen LogP contribution < -0.4 is 5.32 Å². The smallest absolute Gasteiger partial charge is 0.396 e. The number of aliphatic hydroxyl groups excluding tert-OH is 1. The summed E-state index contributed by atoms with van der Waals surface area (Å²) in [7, 11) is 0. The summed E-state index contributed by atoms with van der Waals surface area (Å²) >= 11 is 1.29. The number of hydrogen-bond donors (Lipinski definition) is 2. The second-order valence-electron chi connectivity index (χ2n) is 4.11. The van der Waals surface area contributed by atoms with E-state index in [1.165, 1.54) is 23.9 Å². The second-order valence-corrected chi connectivity index (χ2v) is 5.25. The van der Waals surface area contributed by atoms with Crippen molar-refractivity contribution >= 4 is 11.8 Å². The molecule has 0 amide bonds. The molecule has 1 aliphatic rings. The maximum atomic E-state index is 12.8. The Morgan fingerprint density at radius 1 is 1.33 bits per heavy atom. The van der Waals surface area contributed by atoms with Gasteiger partial charge >= 0.3 is 6.18 Å². The highest BCUT2D eigenvalue weighted by molar-refractivity contribution is 7.99. The zero-order valence-electron chi connectivity index (χ0n) is 9.68. The van der Waals surface area contributed by atoms with E-state index in [-0.39, 0.29) is 6.61 Å². The molecule has 2 rings (SSSR count). The normalized spacial score (nSPS) is 15.6. The molecule has 6 heteroatoms. The largest absolute Gasteiger partial charge is 0.416 e. The first-order valence-corrected chi connectivity index (χ1v) is 6.68. The van der Waals surface area contributed by atoms with Crippen molar-refractivity contribution in [2.45, 2.75) is 24.0 Å². The number of halogens is 3. The van der Waals surface area contributed by atoms with Gasteiger partial charge in [0.1, 0.15) is 0 Å². The molecular weight excluding hydrogens is 263 g/mol. The van der Waals surface area contributed by atoms with E-state index in [0.29, 0.717) is 17.2 Å². The number of alkyl halides is 3. The molecule has 0 atom stereocenters. The van der Waals surface area contributed by atoms with Crippen LogP contribution >= 0.6 is 11.8 Å². The molecule has 0 spiro atoms. The van der Waals surface area contributed by atoms with Gasteiger partial charge in [-0.1, -0.05) is 0 Å². The fourth-order valence-corrected chi connectivity index (χ4v) is 2.96. The van der Waals surface area contributed by atoms with Crippen molar-refractivity contribution in [2.75, 3.05) is 18.9 Å². The van der Waals surface area contributed by atoms with Gasteiger partial charge in [0.2, 0.25) is 0 Å². The summed E-state index contributed by atoms with van der Waals surface area (Å²) in [5.74, 6) is 0.418. The quantitative estimate of drug-likeness (QED) is 0.832. The summed E-state index contributed by atoms with van der Waals surface area (Å²) in [6.07, 6.45) is -3.58. The molecular formula is C12H14F3NOS. The first-order chi connectivity index (χ1) is 8.52. The van der Waals surface area contributed by atoms with Crippen molar-refractivity contribution in [3.05, 3.63) is 28.8 Å². The van der Waals surface area contributed by atoms with E-state index in [9.17, 15) is 13.2 Å². The van der Waals surface area contributed by atoms with Crippen LogP contribution in [0.25, 0.3) is 0 Å². The minimum absolute atomic E-state index is 0.0338. The zero-order valence-corrected chi connectivity index (χ0v) is 10.5. The topological polar surface area (TPSA) is 32.3 Å². The predicted octanol–water partition coefficient (Wildman–Crippen LogP) is 2.44. The summed E-state index contributed by atoms with van der Waals surface area (Å²) in [6, 6.07) is 2.43. The summed E-state index contributed by atoms with van der Waals surface area (Å²) in [6.45, 7) is 1.23. The monoisotopic (exact) mass is 277 g/mol. The van der Waals surface area contributed by atoms with E-state index >= 15 is 0 Å². The van der Waals surface area contributed by atoms with E-state index in [1.54, 1.807) is 0 Å². The van der Waals surface area contributed by atoms with Crippen molar-refractivity contribution < 1.29 is 18.3 Å². The first-order valence-electron chi connectivity index (χ1n) is 5.69. The molecule has 0 fully saturated rings. The molecule has 0 bridgehead atoms. The summed E-state index contributed by atoms with van der Waals surface area (Å²) in [5.41, 5.74) is 1.10. The van der Waals surface area contributed by atoms with E-state index in [1.807, 2.05) is 0 Å². The fraction of sp³-hybridized carbons (Fsp3) is 0.500. The van der Waals surface area contributed by atoms with E-state index < -0.39 is 11.7 Å². The first kappa shape index (κ1) is 13.7. The van der Waals surface area contributed by atoms with Crippen molar-refractivity contribution in [1.82, 2.24) is 5.32 Å². The molecule has 1 heterocycles. The minimum Gasteiger partial charge on any atom is -0.396 e. The molecule has 0 aliphatic carbocycles. The number of benzene rings is 1. The number of fused-ring (bicyclic) bond motifs is 1. The Bertz CT molecular complexity index is 434. The molecule has 0 saturated carbocycles. The van der Waals surface area contributed by atoms with Gasteiger partial charge in [-0.2, -0.15) is 13.2 Å². The van der Waals surface area contributed by atoms with Crippen LogP contribution in [0.3, 0.4) is 0 Å². The Labute approximate surface area is 108 Å². The molecule has 1 aromatic rings. The van der Waals surface area contributed by atoms with Crippen molar-refractivity contribution in [3.63, 3.8) is 0 Å². The maximum absolute atomic E-state index is 12.8. The molecule has 0 radical (unpaired) electrons. The Morgan fingerprint density at radius 3 is 2.78 bits per heavy atom. The van der Waals surface area contributed by atoms with Crippen LogP contribution in [0.2, 0.25) is 0 Å². The maximum Gasteiger partial charge on any atom is 0.416 e. The molecule has 1 aliphatic heterocycles. The minimum atomic E-state index is -4.32. The molecule has 0 saturated heterocycles. The molecule has 18 heavy (non-hydrogen) atoms. The Kier molecular flexibility index (Phi) is 4.19. The summed E-state index contributed by atoms with van der Waals surface area (Å²) in [4.78, 5) is 0.648. The van der Waals surface area contributed by atoms with Crippen LogP contribution in [0, 0.1) is 0 Å². The summed E-state index contributed by atoms with van der Waals surface area (Å²) in [5, 5.41) is 11.9. The average Bonchev–Trinajstić information content (AvgIpc) is 2.34. The predicted molar refractivity (Wildman–Crippen MR) is 64.7 cm³/mol. The number of nitrogens with one attached hydrogen (secondary N) is 1. The number of hydrogen-bond acceptors (Lipinski definition) is 3. The van der Waals surface area contributed by atoms with Crippen molar-refractivity contribution in [1.29, 1.82) is 0 Å². The third-order valence-corrected chi connectivity index (χ3v) is 3.91. The lowest BCUT2D eigenvalue weighted by molar-refractivity contribution is -0.137. The van der Waals surface area contributed by atoms with Crippen molar-refractivity contribution in [3.8, 4) is 0 Å². The van der Waals surface area contributed by atoms with Gasteiger partial charge in [0.25, 0.3) is 0 Å². The van der Waals surface area contributed by atoms with Gasteiger partial charge in [-0.3, -0.25) is 0 Å². The standard InChI is InChI=1S/C12H14F3NOS/c13-12(14,15)9-5-8-7-16-2-1-10(8)11(6-9)18-4-3-17/h5-6,16-17H,1-4,7H2. The van der Waals surface area contributed by atoms with Crippen LogP contribution in [0.1, 0.15) is 16.7 Å². The van der Waals surface area contributed by atoms with E-state index in [0.717, 1.165) is 24.1 Å². The Morgan fingerprint density at radius 2 is 2.11 bits per heavy atom. The SMILES string of the molecule is OCCSc1cc(C(F)(F)F)cc2c1CCNC2. The van der Waals surface area contributed by atoms with Gasteiger partial charge in [-0.15, -0.1) is 11.8 Å². The Hall–Kier alpha value is -0.720. The number of rotatable bonds is 3. The lowest BCUT2D eigenvalue weighted by Crippen LogP contribution is -2.25. The van der Waals surface area contributed by atoms with Crippen LogP contribution in [0.4, 0.5) is 13.2 Å². The second kappa shape index (κ2) is 5.50. The van der Waals surface area contributed by atoms with Gasteiger partial charge in [0, 0.05) is 17.2 Å². The third-order valence-electron chi connectivity index (χ3n) is 2.84. The van der Waals surface area contributed by atoms with Crippen LogP contribution in [-0.4, -0.2) is 24.0 Å². The average molecular weight is 277 g/mol. The van der Waals surface area contributed by atoms with Crippen LogP contribution in [0.5, 0.6) is 0 Å². The molecule has 2 N–H and O–H groups in total. The molecule has 0 unspecified atom stereocenters. The molecule has 2 nitrogen and oxygen atoms in total.